The van der Waals surface area contributed by atoms with Crippen molar-refractivity contribution in [2.45, 2.75) is 81.9 Å². The van der Waals surface area contributed by atoms with Crippen molar-refractivity contribution in [1.82, 2.24) is 19.9 Å². The van der Waals surface area contributed by atoms with Gasteiger partial charge in [0.15, 0.2) is 5.13 Å². The molecule has 46 heavy (non-hydrogen) atoms. The van der Waals surface area contributed by atoms with Crippen molar-refractivity contribution >= 4 is 44.2 Å². The first kappa shape index (κ1) is 33.8. The second-order valence-corrected chi connectivity index (χ2v) is 15.9. The van der Waals surface area contributed by atoms with Gasteiger partial charge in [-0.3, -0.25) is 19.1 Å². The fourth-order valence-electron chi connectivity index (χ4n) is 5.62. The number of hydrogen-bond donors (Lipinski definition) is 3. The van der Waals surface area contributed by atoms with Crippen molar-refractivity contribution in [2.24, 2.45) is 11.3 Å². The van der Waals surface area contributed by atoms with Gasteiger partial charge in [-0.2, -0.15) is 13.2 Å². The molecule has 5 rings (SSSR count). The van der Waals surface area contributed by atoms with Crippen LogP contribution in [0.2, 0.25) is 0 Å². The van der Waals surface area contributed by atoms with Crippen molar-refractivity contribution in [3.8, 4) is 11.3 Å². The quantitative estimate of drug-likeness (QED) is 0.248. The largest absolute Gasteiger partial charge is 0.416 e. The Labute approximate surface area is 268 Å². The molecule has 2 saturated carbocycles. The minimum Gasteiger partial charge on any atom is -0.349 e. The first-order valence-electron chi connectivity index (χ1n) is 14.8. The summed E-state index contributed by atoms with van der Waals surface area (Å²) < 4.78 is 80.5. The van der Waals surface area contributed by atoms with Crippen molar-refractivity contribution in [3.63, 3.8) is 0 Å². The molecule has 0 bridgehead atoms. The highest BCUT2D eigenvalue weighted by Gasteiger charge is 2.61. The van der Waals surface area contributed by atoms with E-state index in [1.54, 1.807) is 20.8 Å². The number of halogens is 4. The summed E-state index contributed by atoms with van der Waals surface area (Å²) in [7, 11) is -3.85. The van der Waals surface area contributed by atoms with Crippen LogP contribution >= 0.6 is 11.3 Å². The minimum atomic E-state index is -4.70. The number of rotatable bonds is 10. The molecular weight excluding hydrogens is 650 g/mol. The van der Waals surface area contributed by atoms with E-state index < -0.39 is 79.5 Å². The van der Waals surface area contributed by atoms with Gasteiger partial charge in [-0.15, -0.1) is 17.9 Å². The lowest BCUT2D eigenvalue weighted by Crippen LogP contribution is -2.58. The van der Waals surface area contributed by atoms with Gasteiger partial charge in [-0.05, 0) is 55.7 Å². The highest BCUT2D eigenvalue weighted by Crippen LogP contribution is 2.45. The molecule has 1 aliphatic heterocycles. The van der Waals surface area contributed by atoms with Crippen LogP contribution in [0.15, 0.2) is 36.2 Å². The zero-order chi connectivity index (χ0) is 33.8. The average molecular weight is 686 g/mol. The standard InChI is InChI=1S/C30H35F4N5O5S2/c1-5-16-14-29(16,26(42)38-46(43,44)18-9-10-18)37-24(40)22-7-6-12-39(22)25(41)23(28(2,3)4)36-27-35-21(15-45-27)19-11-8-17(13-20(19)31)30(32,33)34/h5,8,11,13,15-16,18,22-23H,1,6-7,9-10,12,14H2,2-4H3,(H,35,36)(H,37,40)(H,38,42)/t16-,22+,23-,29-/m1/s1. The highest BCUT2D eigenvalue weighted by atomic mass is 32.2. The number of nitrogens with one attached hydrogen (secondary N) is 3. The van der Waals surface area contributed by atoms with Gasteiger partial charge in [0, 0.05) is 23.4 Å². The Morgan fingerprint density at radius 2 is 1.87 bits per heavy atom. The third-order valence-electron chi connectivity index (χ3n) is 8.54. The second kappa shape index (κ2) is 11.9. The van der Waals surface area contributed by atoms with Crippen LogP contribution in [0.1, 0.15) is 58.4 Å². The van der Waals surface area contributed by atoms with E-state index in [9.17, 15) is 40.4 Å². The van der Waals surface area contributed by atoms with E-state index in [4.69, 9.17) is 0 Å². The Balaban J connectivity index is 1.31. The zero-order valence-corrected chi connectivity index (χ0v) is 27.0. The molecule has 16 heteroatoms. The minimum absolute atomic E-state index is 0.0886. The lowest BCUT2D eigenvalue weighted by Gasteiger charge is -2.35. The van der Waals surface area contributed by atoms with E-state index in [-0.39, 0.29) is 29.4 Å². The smallest absolute Gasteiger partial charge is 0.349 e. The maximum atomic E-state index is 14.6. The molecule has 1 aromatic heterocycles. The number of aromatic nitrogens is 1. The number of anilines is 1. The van der Waals surface area contributed by atoms with Gasteiger partial charge >= 0.3 is 6.18 Å². The van der Waals surface area contributed by atoms with Crippen LogP contribution < -0.4 is 15.4 Å². The average Bonchev–Trinajstić information content (AvgIpc) is 3.83. The fraction of sp³-hybridized carbons (Fsp3) is 0.533. The zero-order valence-electron chi connectivity index (χ0n) is 25.4. The Morgan fingerprint density at radius 3 is 2.43 bits per heavy atom. The van der Waals surface area contributed by atoms with Crippen molar-refractivity contribution in [3.05, 3.63) is 47.6 Å². The van der Waals surface area contributed by atoms with Crippen LogP contribution in [0.4, 0.5) is 22.7 Å². The van der Waals surface area contributed by atoms with Crippen molar-refractivity contribution in [2.75, 3.05) is 11.9 Å². The fourth-order valence-corrected chi connectivity index (χ4v) is 7.73. The molecule has 10 nitrogen and oxygen atoms in total. The number of nitrogens with zero attached hydrogens (tertiary/aromatic N) is 2. The molecule has 1 aromatic carbocycles. The van der Waals surface area contributed by atoms with Gasteiger partial charge < -0.3 is 15.5 Å². The van der Waals surface area contributed by atoms with Gasteiger partial charge in [0.05, 0.1) is 16.5 Å². The summed E-state index contributed by atoms with van der Waals surface area (Å²) in [6.07, 6.45) is -1.29. The summed E-state index contributed by atoms with van der Waals surface area (Å²) in [4.78, 5) is 46.5. The highest BCUT2D eigenvalue weighted by molar-refractivity contribution is 7.91. The molecule has 1 saturated heterocycles. The Hall–Kier alpha value is -3.53. The SMILES string of the molecule is C=C[C@@H]1C[C@]1(NC(=O)[C@@H]1CCCN1C(=O)[C@@H](Nc1nc(-c2ccc(C(F)(F)F)cc2F)cs1)C(C)(C)C)C(=O)NS(=O)(=O)C1CC1. The number of thiazole rings is 1. The molecule has 2 heterocycles. The monoisotopic (exact) mass is 685 g/mol. The van der Waals surface area contributed by atoms with E-state index in [0.29, 0.717) is 31.7 Å². The molecule has 3 N–H and O–H groups in total. The third-order valence-corrected chi connectivity index (χ3v) is 11.1. The first-order valence-corrected chi connectivity index (χ1v) is 17.2. The molecule has 0 unspecified atom stereocenters. The van der Waals surface area contributed by atoms with E-state index in [2.05, 4.69) is 26.9 Å². The molecule has 2 aliphatic carbocycles. The lowest BCUT2D eigenvalue weighted by atomic mass is 9.85. The van der Waals surface area contributed by atoms with Gasteiger partial charge in [-0.25, -0.2) is 17.8 Å². The van der Waals surface area contributed by atoms with E-state index in [1.807, 2.05) is 0 Å². The number of carbonyl (C=O) groups excluding carboxylic acids is 3. The first-order chi connectivity index (χ1) is 21.4. The molecule has 4 atom stereocenters. The second-order valence-electron chi connectivity index (χ2n) is 13.0. The number of carbonyl (C=O) groups is 3. The molecule has 3 aliphatic rings. The molecule has 3 amide bonds. The number of benzene rings is 1. The van der Waals surface area contributed by atoms with Crippen LogP contribution in [-0.4, -0.2) is 65.4 Å². The number of amides is 3. The summed E-state index contributed by atoms with van der Waals surface area (Å²) in [6, 6.07) is 0.328. The topological polar surface area (TPSA) is 138 Å². The van der Waals surface area contributed by atoms with E-state index in [0.717, 1.165) is 23.5 Å². The van der Waals surface area contributed by atoms with Crippen LogP contribution in [0.5, 0.6) is 0 Å². The van der Waals surface area contributed by atoms with E-state index in [1.165, 1.54) is 16.4 Å². The molecule has 2 aromatic rings. The lowest BCUT2D eigenvalue weighted by molar-refractivity contribution is -0.141. The summed E-state index contributed by atoms with van der Waals surface area (Å²) in [5, 5.41) is 6.86. The normalized spacial score (nSPS) is 23.8. The molecule has 250 valence electrons. The molecule has 0 radical (unpaired) electrons. The summed E-state index contributed by atoms with van der Waals surface area (Å²) in [6.45, 7) is 9.36. The van der Waals surface area contributed by atoms with Gasteiger partial charge in [0.1, 0.15) is 23.4 Å². The maximum Gasteiger partial charge on any atom is 0.416 e. The van der Waals surface area contributed by atoms with Crippen LogP contribution in [0.25, 0.3) is 11.3 Å². The van der Waals surface area contributed by atoms with Gasteiger partial charge in [-0.1, -0.05) is 26.8 Å². The van der Waals surface area contributed by atoms with Gasteiger partial charge in [0.25, 0.3) is 5.91 Å². The van der Waals surface area contributed by atoms with Crippen molar-refractivity contribution < 1.29 is 40.4 Å². The predicted octanol–water partition coefficient (Wildman–Crippen LogP) is 4.45. The summed E-state index contributed by atoms with van der Waals surface area (Å²) in [5.41, 5.74) is -3.36. The van der Waals surface area contributed by atoms with Crippen molar-refractivity contribution in [1.29, 1.82) is 0 Å². The number of likely N-dealkylation sites (tertiary alicyclic amines) is 1. The molecule has 0 spiro atoms. The van der Waals surface area contributed by atoms with Crippen LogP contribution in [-0.2, 0) is 30.6 Å². The molecular formula is C30H35F4N5O5S2. The molecule has 3 fully saturated rings. The summed E-state index contributed by atoms with van der Waals surface area (Å²) in [5.74, 6) is -3.41. The van der Waals surface area contributed by atoms with E-state index >= 15 is 0 Å². The maximum absolute atomic E-state index is 14.6. The summed E-state index contributed by atoms with van der Waals surface area (Å²) >= 11 is 1.04. The van der Waals surface area contributed by atoms with Crippen LogP contribution in [0.3, 0.4) is 0 Å². The number of hydrogen-bond acceptors (Lipinski definition) is 8. The Morgan fingerprint density at radius 1 is 1.17 bits per heavy atom. The number of alkyl halides is 3. The Bertz CT molecular complexity index is 1670. The Kier molecular flexibility index (Phi) is 8.77. The number of sulfonamides is 1. The third kappa shape index (κ3) is 6.77. The van der Waals surface area contributed by atoms with Crippen LogP contribution in [0, 0.1) is 17.2 Å². The van der Waals surface area contributed by atoms with Gasteiger partial charge in [0.2, 0.25) is 21.8 Å². The predicted molar refractivity (Wildman–Crippen MR) is 163 cm³/mol.